The molecule has 3 amide bonds. The van der Waals surface area contributed by atoms with Crippen LogP contribution in [0.2, 0.25) is 5.02 Å². The van der Waals surface area contributed by atoms with Crippen molar-refractivity contribution in [1.82, 2.24) is 14.7 Å². The van der Waals surface area contributed by atoms with Crippen molar-refractivity contribution in [2.24, 2.45) is 0 Å². The van der Waals surface area contributed by atoms with Crippen LogP contribution < -0.4 is 5.32 Å². The first-order valence-corrected chi connectivity index (χ1v) is 9.92. The van der Waals surface area contributed by atoms with E-state index < -0.39 is 0 Å². The van der Waals surface area contributed by atoms with Gasteiger partial charge in [0.05, 0.1) is 6.61 Å². The van der Waals surface area contributed by atoms with Crippen LogP contribution in [0.15, 0.2) is 24.3 Å². The Labute approximate surface area is 165 Å². The lowest BCUT2D eigenvalue weighted by Crippen LogP contribution is -2.55. The van der Waals surface area contributed by atoms with E-state index in [0.717, 1.165) is 44.7 Å². The third-order valence-corrected chi connectivity index (χ3v) is 5.46. The molecule has 1 aromatic carbocycles. The Morgan fingerprint density at radius 1 is 1.04 bits per heavy atom. The number of hydrogen-bond acceptors (Lipinski definition) is 4. The molecule has 148 valence electrons. The van der Waals surface area contributed by atoms with E-state index in [1.54, 1.807) is 29.2 Å². The number of anilines is 1. The highest BCUT2D eigenvalue weighted by Crippen LogP contribution is 2.20. The Hall–Kier alpha value is -1.99. The number of benzene rings is 1. The summed E-state index contributed by atoms with van der Waals surface area (Å²) in [5.41, 5.74) is 0.748. The van der Waals surface area contributed by atoms with Gasteiger partial charge in [-0.25, -0.2) is 9.59 Å². The van der Waals surface area contributed by atoms with Crippen molar-refractivity contribution in [1.29, 1.82) is 0 Å². The summed E-state index contributed by atoms with van der Waals surface area (Å²) in [5, 5.41) is 3.56. The third kappa shape index (κ3) is 5.26. The Balaban J connectivity index is 1.42. The number of hydrogen-bond donors (Lipinski definition) is 1. The largest absolute Gasteiger partial charge is 0.450 e. The molecule has 2 aliphatic rings. The van der Waals surface area contributed by atoms with Crippen LogP contribution >= 0.6 is 11.6 Å². The smallest absolute Gasteiger partial charge is 0.409 e. The first-order valence-electron chi connectivity index (χ1n) is 9.54. The zero-order valence-corrected chi connectivity index (χ0v) is 16.5. The van der Waals surface area contributed by atoms with Crippen LogP contribution in [0.4, 0.5) is 15.3 Å². The van der Waals surface area contributed by atoms with E-state index in [1.807, 2.05) is 11.8 Å². The Morgan fingerprint density at radius 2 is 1.67 bits per heavy atom. The maximum absolute atomic E-state index is 12.4. The van der Waals surface area contributed by atoms with Crippen LogP contribution in [0.25, 0.3) is 0 Å². The van der Waals surface area contributed by atoms with Gasteiger partial charge in [-0.15, -0.1) is 0 Å². The van der Waals surface area contributed by atoms with Crippen LogP contribution in [0.3, 0.4) is 0 Å². The first-order chi connectivity index (χ1) is 13.1. The molecule has 8 heteroatoms. The summed E-state index contributed by atoms with van der Waals surface area (Å²) in [4.78, 5) is 30.3. The molecular weight excluding hydrogens is 368 g/mol. The molecule has 2 fully saturated rings. The Bertz CT molecular complexity index is 639. The van der Waals surface area contributed by atoms with Gasteiger partial charge in [-0.3, -0.25) is 4.90 Å². The average molecular weight is 395 g/mol. The number of carbonyl (C=O) groups excluding carboxylic acids is 2. The van der Waals surface area contributed by atoms with E-state index >= 15 is 0 Å². The highest BCUT2D eigenvalue weighted by molar-refractivity contribution is 6.30. The predicted molar refractivity (Wildman–Crippen MR) is 105 cm³/mol. The summed E-state index contributed by atoms with van der Waals surface area (Å²) in [6, 6.07) is 7.52. The van der Waals surface area contributed by atoms with Gasteiger partial charge >= 0.3 is 12.1 Å². The van der Waals surface area contributed by atoms with E-state index in [9.17, 15) is 9.59 Å². The maximum Gasteiger partial charge on any atom is 0.409 e. The molecule has 7 nitrogen and oxygen atoms in total. The van der Waals surface area contributed by atoms with Gasteiger partial charge in [-0.05, 0) is 44.0 Å². The van der Waals surface area contributed by atoms with Gasteiger partial charge in [-0.2, -0.15) is 0 Å². The second-order valence-corrected chi connectivity index (χ2v) is 7.31. The summed E-state index contributed by atoms with van der Waals surface area (Å²) < 4.78 is 5.07. The van der Waals surface area contributed by atoms with Gasteiger partial charge in [0, 0.05) is 56.0 Å². The molecule has 2 aliphatic heterocycles. The zero-order valence-electron chi connectivity index (χ0n) is 15.7. The normalized spacial score (nSPS) is 19.0. The van der Waals surface area contributed by atoms with Crippen molar-refractivity contribution >= 4 is 29.4 Å². The monoisotopic (exact) mass is 394 g/mol. The van der Waals surface area contributed by atoms with Gasteiger partial charge in [0.15, 0.2) is 0 Å². The van der Waals surface area contributed by atoms with E-state index in [4.69, 9.17) is 16.3 Å². The molecule has 2 heterocycles. The minimum absolute atomic E-state index is 0.0749. The van der Waals surface area contributed by atoms with Gasteiger partial charge in [0.25, 0.3) is 0 Å². The van der Waals surface area contributed by atoms with Gasteiger partial charge in [-0.1, -0.05) is 11.6 Å². The number of nitrogens with zero attached hydrogens (tertiary/aromatic N) is 3. The number of rotatable bonds is 3. The van der Waals surface area contributed by atoms with E-state index in [-0.39, 0.29) is 12.1 Å². The van der Waals surface area contributed by atoms with Gasteiger partial charge in [0.2, 0.25) is 0 Å². The predicted octanol–water partition coefficient (Wildman–Crippen LogP) is 3.11. The number of amides is 3. The van der Waals surface area contributed by atoms with Crippen LogP contribution in [-0.4, -0.2) is 78.7 Å². The van der Waals surface area contributed by atoms with Gasteiger partial charge < -0.3 is 19.9 Å². The molecular formula is C19H27ClN4O3. The lowest BCUT2D eigenvalue weighted by Gasteiger charge is -2.42. The quantitative estimate of drug-likeness (QED) is 0.855. The molecule has 0 aliphatic carbocycles. The fourth-order valence-electron chi connectivity index (χ4n) is 3.65. The lowest BCUT2D eigenvalue weighted by molar-refractivity contribution is 0.0581. The molecule has 0 saturated carbocycles. The zero-order chi connectivity index (χ0) is 19.2. The minimum Gasteiger partial charge on any atom is -0.450 e. The van der Waals surface area contributed by atoms with Crippen molar-refractivity contribution in [3.8, 4) is 0 Å². The van der Waals surface area contributed by atoms with Crippen molar-refractivity contribution in [3.05, 3.63) is 29.3 Å². The number of urea groups is 1. The van der Waals surface area contributed by atoms with E-state index in [1.165, 1.54) is 0 Å². The molecule has 0 unspecified atom stereocenters. The second kappa shape index (κ2) is 9.28. The molecule has 1 N–H and O–H groups in total. The number of carbonyl (C=O) groups is 2. The third-order valence-electron chi connectivity index (χ3n) is 5.20. The van der Waals surface area contributed by atoms with Crippen molar-refractivity contribution in [3.63, 3.8) is 0 Å². The number of likely N-dealkylation sites (tertiary alicyclic amines) is 1. The SMILES string of the molecule is CCOC(=O)N1CCC(N2CCN(C(=O)Nc3ccc(Cl)cc3)CC2)CC1. The van der Waals surface area contributed by atoms with Crippen LogP contribution in [0.1, 0.15) is 19.8 Å². The summed E-state index contributed by atoms with van der Waals surface area (Å²) in [6.45, 7) is 6.85. The molecule has 0 atom stereocenters. The van der Waals surface area contributed by atoms with Crippen molar-refractivity contribution in [2.45, 2.75) is 25.8 Å². The Kier molecular flexibility index (Phi) is 6.79. The summed E-state index contributed by atoms with van der Waals surface area (Å²) in [6.07, 6.45) is 1.70. The van der Waals surface area contributed by atoms with E-state index in [2.05, 4.69) is 10.2 Å². The highest BCUT2D eigenvalue weighted by atomic mass is 35.5. The fraction of sp³-hybridized carbons (Fsp3) is 0.579. The second-order valence-electron chi connectivity index (χ2n) is 6.88. The summed E-state index contributed by atoms with van der Waals surface area (Å²) in [7, 11) is 0. The first kappa shape index (κ1) is 19.8. The molecule has 0 bridgehead atoms. The average Bonchev–Trinajstić information content (AvgIpc) is 2.70. The van der Waals surface area contributed by atoms with E-state index in [0.29, 0.717) is 30.8 Å². The number of ether oxygens (including phenoxy) is 1. The molecule has 2 saturated heterocycles. The van der Waals surface area contributed by atoms with Crippen LogP contribution in [0.5, 0.6) is 0 Å². The molecule has 27 heavy (non-hydrogen) atoms. The topological polar surface area (TPSA) is 65.1 Å². The van der Waals surface area contributed by atoms with Gasteiger partial charge in [0.1, 0.15) is 0 Å². The van der Waals surface area contributed by atoms with Crippen molar-refractivity contribution in [2.75, 3.05) is 51.2 Å². The lowest BCUT2D eigenvalue weighted by atomic mass is 10.0. The molecule has 0 aromatic heterocycles. The molecule has 1 aromatic rings. The molecule has 3 rings (SSSR count). The summed E-state index contributed by atoms with van der Waals surface area (Å²) >= 11 is 5.87. The Morgan fingerprint density at radius 3 is 2.26 bits per heavy atom. The number of piperidine rings is 1. The maximum atomic E-state index is 12.4. The number of piperazine rings is 1. The summed E-state index contributed by atoms with van der Waals surface area (Å²) in [5.74, 6) is 0. The standard InChI is InChI=1S/C19H27ClN4O3/c1-2-27-19(26)24-9-7-17(8-10-24)22-11-13-23(14-12-22)18(25)21-16-5-3-15(20)4-6-16/h3-6,17H,2,7-14H2,1H3,(H,21,25). The molecule has 0 radical (unpaired) electrons. The fourth-order valence-corrected chi connectivity index (χ4v) is 3.78. The number of nitrogens with one attached hydrogen (secondary N) is 1. The van der Waals surface area contributed by atoms with Crippen LogP contribution in [-0.2, 0) is 4.74 Å². The highest BCUT2D eigenvalue weighted by Gasteiger charge is 2.30. The minimum atomic E-state index is -0.209. The number of halogens is 1. The van der Waals surface area contributed by atoms with Crippen molar-refractivity contribution < 1.29 is 14.3 Å². The van der Waals surface area contributed by atoms with Crippen LogP contribution in [0, 0.1) is 0 Å². The molecule has 0 spiro atoms.